The van der Waals surface area contributed by atoms with Crippen LogP contribution in [-0.4, -0.2) is 51.9 Å². The van der Waals surface area contributed by atoms with E-state index in [0.717, 1.165) is 28.4 Å². The van der Waals surface area contributed by atoms with Gasteiger partial charge in [-0.2, -0.15) is 4.31 Å². The first-order valence-corrected chi connectivity index (χ1v) is 7.60. The van der Waals surface area contributed by atoms with Crippen LogP contribution in [0, 0.1) is 11.8 Å². The van der Waals surface area contributed by atoms with E-state index in [1.165, 1.54) is 0 Å². The third-order valence-electron chi connectivity index (χ3n) is 1.38. The standard InChI is InChI=1S/C4H12O7P2.C4H6O2/c1-7-12(5,8-2)11-13(6,9-3)10-4;5-3-1-2-4-6/h1-4H3;5-6H,3-4H2. The summed E-state index contributed by atoms with van der Waals surface area (Å²) in [6, 6.07) is 0. The van der Waals surface area contributed by atoms with Crippen molar-refractivity contribution in [3.05, 3.63) is 0 Å². The summed E-state index contributed by atoms with van der Waals surface area (Å²) in [7, 11) is -3.36. The van der Waals surface area contributed by atoms with Gasteiger partial charge in [0.05, 0.1) is 0 Å². The van der Waals surface area contributed by atoms with Gasteiger partial charge in [0.25, 0.3) is 0 Å². The maximum atomic E-state index is 11.3. The molecule has 0 unspecified atom stereocenters. The zero-order chi connectivity index (χ0) is 15.4. The van der Waals surface area contributed by atoms with Crippen molar-refractivity contribution in [3.63, 3.8) is 0 Å². The number of rotatable bonds is 6. The number of hydrogen-bond donors (Lipinski definition) is 2. The lowest BCUT2D eigenvalue weighted by Crippen LogP contribution is -1.96. The lowest BCUT2D eigenvalue weighted by atomic mass is 10.6. The molecule has 0 aliphatic heterocycles. The molecule has 0 saturated carbocycles. The summed E-state index contributed by atoms with van der Waals surface area (Å²) < 4.78 is 44.5. The van der Waals surface area contributed by atoms with E-state index in [4.69, 9.17) is 10.2 Å². The topological polar surface area (TPSA) is 121 Å². The minimum Gasteiger partial charge on any atom is -0.384 e. The second-order valence-corrected chi connectivity index (χ2v) is 6.28. The highest BCUT2D eigenvalue weighted by molar-refractivity contribution is 7.62. The third-order valence-corrected chi connectivity index (χ3v) is 4.77. The summed E-state index contributed by atoms with van der Waals surface area (Å²) in [5.74, 6) is 4.51. The summed E-state index contributed by atoms with van der Waals surface area (Å²) in [5, 5.41) is 15.8. The normalized spacial score (nSPS) is 11.1. The van der Waals surface area contributed by atoms with Crippen LogP contribution in [0.1, 0.15) is 0 Å². The third kappa shape index (κ3) is 10.2. The Kier molecular flexibility index (Phi) is 12.8. The van der Waals surface area contributed by atoms with Crippen LogP contribution in [0.25, 0.3) is 0 Å². The van der Waals surface area contributed by atoms with E-state index in [1.54, 1.807) is 0 Å². The Morgan fingerprint density at radius 1 is 0.789 bits per heavy atom. The Hall–Kier alpha value is -0.260. The maximum Gasteiger partial charge on any atom is 0.483 e. The smallest absolute Gasteiger partial charge is 0.384 e. The molecule has 0 amide bonds. The molecule has 0 bridgehead atoms. The zero-order valence-electron chi connectivity index (χ0n) is 11.1. The number of hydrogen-bond acceptors (Lipinski definition) is 9. The molecule has 0 atom stereocenters. The number of aliphatic hydroxyl groups excluding tert-OH is 2. The van der Waals surface area contributed by atoms with Gasteiger partial charge in [0.15, 0.2) is 0 Å². The molecule has 0 aromatic rings. The van der Waals surface area contributed by atoms with Crippen molar-refractivity contribution in [2.24, 2.45) is 0 Å². The quantitative estimate of drug-likeness (QED) is 0.540. The molecular weight excluding hydrogens is 302 g/mol. The van der Waals surface area contributed by atoms with Crippen LogP contribution in [-0.2, 0) is 31.5 Å². The first-order valence-electron chi connectivity index (χ1n) is 4.68. The Labute approximate surface area is 112 Å². The fourth-order valence-electron chi connectivity index (χ4n) is 0.517. The van der Waals surface area contributed by atoms with Gasteiger partial charge < -0.3 is 10.2 Å². The molecule has 0 aromatic heterocycles. The highest BCUT2D eigenvalue weighted by Gasteiger charge is 2.37. The number of phosphoric acid groups is 2. The first kappa shape index (κ1) is 21.0. The average Bonchev–Trinajstić information content (AvgIpc) is 2.45. The van der Waals surface area contributed by atoms with E-state index in [9.17, 15) is 9.13 Å². The van der Waals surface area contributed by atoms with Crippen molar-refractivity contribution in [2.75, 3.05) is 41.7 Å². The molecule has 0 fully saturated rings. The van der Waals surface area contributed by atoms with Gasteiger partial charge in [0.1, 0.15) is 13.2 Å². The Morgan fingerprint density at radius 2 is 1.05 bits per heavy atom. The zero-order valence-corrected chi connectivity index (χ0v) is 12.8. The van der Waals surface area contributed by atoms with Crippen molar-refractivity contribution < 1.29 is 41.7 Å². The van der Waals surface area contributed by atoms with Gasteiger partial charge in [-0.05, 0) is 0 Å². The highest BCUT2D eigenvalue weighted by atomic mass is 31.3. The Bertz CT molecular complexity index is 324. The van der Waals surface area contributed by atoms with E-state index >= 15 is 0 Å². The van der Waals surface area contributed by atoms with Crippen LogP contribution >= 0.6 is 15.6 Å². The van der Waals surface area contributed by atoms with Gasteiger partial charge in [-0.25, -0.2) is 9.13 Å². The van der Waals surface area contributed by atoms with Crippen molar-refractivity contribution in [3.8, 4) is 11.8 Å². The predicted molar refractivity (Wildman–Crippen MR) is 66.3 cm³/mol. The Morgan fingerprint density at radius 3 is 1.21 bits per heavy atom. The van der Waals surface area contributed by atoms with E-state index in [2.05, 4.69) is 34.2 Å². The summed E-state index contributed by atoms with van der Waals surface area (Å²) in [6.07, 6.45) is 0. The van der Waals surface area contributed by atoms with Gasteiger partial charge in [0.2, 0.25) is 0 Å². The molecule has 0 aliphatic rings. The van der Waals surface area contributed by atoms with E-state index in [0.29, 0.717) is 0 Å². The largest absolute Gasteiger partial charge is 0.483 e. The van der Waals surface area contributed by atoms with E-state index in [1.807, 2.05) is 0 Å². The SMILES string of the molecule is COP(=O)(OC)OP(=O)(OC)OC.OCC#CCO. The molecule has 0 aromatic carbocycles. The first-order chi connectivity index (χ1) is 8.86. The molecule has 0 radical (unpaired) electrons. The van der Waals surface area contributed by atoms with Crippen molar-refractivity contribution in [1.82, 2.24) is 0 Å². The molecule has 0 rings (SSSR count). The van der Waals surface area contributed by atoms with Gasteiger partial charge >= 0.3 is 15.6 Å². The van der Waals surface area contributed by atoms with Crippen LogP contribution in [0.4, 0.5) is 0 Å². The number of phosphoric ester groups is 2. The molecule has 2 N–H and O–H groups in total. The molecule has 0 saturated heterocycles. The fraction of sp³-hybridized carbons (Fsp3) is 0.750. The van der Waals surface area contributed by atoms with Crippen LogP contribution in [0.2, 0.25) is 0 Å². The molecule has 19 heavy (non-hydrogen) atoms. The lowest BCUT2D eigenvalue weighted by molar-refractivity contribution is 0.158. The lowest BCUT2D eigenvalue weighted by Gasteiger charge is -2.17. The minimum atomic E-state index is -3.85. The van der Waals surface area contributed by atoms with Crippen LogP contribution in [0.3, 0.4) is 0 Å². The van der Waals surface area contributed by atoms with Gasteiger partial charge in [0, 0.05) is 28.4 Å². The van der Waals surface area contributed by atoms with Crippen molar-refractivity contribution in [2.45, 2.75) is 0 Å². The second kappa shape index (κ2) is 11.6. The molecule has 0 heterocycles. The van der Waals surface area contributed by atoms with E-state index < -0.39 is 15.6 Å². The van der Waals surface area contributed by atoms with Crippen LogP contribution < -0.4 is 0 Å². The molecule has 114 valence electrons. The van der Waals surface area contributed by atoms with Crippen LogP contribution in [0.15, 0.2) is 0 Å². The summed E-state index contributed by atoms with van der Waals surface area (Å²) in [4.78, 5) is 0. The molecular formula is C8H18O9P2. The van der Waals surface area contributed by atoms with Gasteiger partial charge in [-0.15, -0.1) is 0 Å². The average molecular weight is 320 g/mol. The maximum absolute atomic E-state index is 11.3. The fourth-order valence-corrected chi connectivity index (χ4v) is 2.86. The summed E-state index contributed by atoms with van der Waals surface area (Å²) in [5.41, 5.74) is 0. The monoisotopic (exact) mass is 320 g/mol. The van der Waals surface area contributed by atoms with Crippen molar-refractivity contribution in [1.29, 1.82) is 0 Å². The summed E-state index contributed by atoms with van der Waals surface area (Å²) in [6.45, 7) is -0.332. The van der Waals surface area contributed by atoms with Gasteiger partial charge in [-0.1, -0.05) is 11.8 Å². The molecule has 0 spiro atoms. The minimum absolute atomic E-state index is 0.166. The highest BCUT2D eigenvalue weighted by Crippen LogP contribution is 2.64. The molecule has 9 nitrogen and oxygen atoms in total. The Balaban J connectivity index is 0. The van der Waals surface area contributed by atoms with Crippen LogP contribution in [0.5, 0.6) is 0 Å². The predicted octanol–water partition coefficient (Wildman–Crippen LogP) is 0.779. The second-order valence-electron chi connectivity index (χ2n) is 2.38. The molecule has 11 heteroatoms. The summed E-state index contributed by atoms with van der Waals surface area (Å²) >= 11 is 0. The van der Waals surface area contributed by atoms with Crippen molar-refractivity contribution >= 4 is 15.6 Å². The number of aliphatic hydroxyl groups is 2. The molecule has 0 aliphatic carbocycles. The van der Waals surface area contributed by atoms with Gasteiger partial charge in [-0.3, -0.25) is 18.1 Å². The van der Waals surface area contributed by atoms with E-state index in [-0.39, 0.29) is 13.2 Å².